The summed E-state index contributed by atoms with van der Waals surface area (Å²) >= 11 is -1.50. The molecule has 0 aromatic heterocycles. The van der Waals surface area contributed by atoms with Crippen molar-refractivity contribution in [3.8, 4) is 0 Å². The van der Waals surface area contributed by atoms with E-state index in [1.54, 1.807) is 0 Å². The van der Waals surface area contributed by atoms with Gasteiger partial charge in [-0.2, -0.15) is 4.21 Å². The van der Waals surface area contributed by atoms with Crippen LogP contribution in [0.2, 0.25) is 0 Å². The Morgan fingerprint density at radius 1 is 1.50 bits per heavy atom. The highest BCUT2D eigenvalue weighted by Crippen LogP contribution is 2.27. The van der Waals surface area contributed by atoms with E-state index < -0.39 is 11.4 Å². The van der Waals surface area contributed by atoms with E-state index in [1.807, 2.05) is 20.8 Å². The molecule has 60 valence electrons. The van der Waals surface area contributed by atoms with E-state index in [2.05, 4.69) is 0 Å². The van der Waals surface area contributed by atoms with Crippen molar-refractivity contribution in [3.05, 3.63) is 0 Å². The lowest BCUT2D eigenvalue weighted by Gasteiger charge is -2.22. The molecule has 1 aliphatic heterocycles. The van der Waals surface area contributed by atoms with Gasteiger partial charge in [-0.3, -0.25) is 8.37 Å². The predicted octanol–water partition coefficient (Wildman–Crippen LogP) is 1.03. The van der Waals surface area contributed by atoms with E-state index >= 15 is 0 Å². The van der Waals surface area contributed by atoms with E-state index in [0.29, 0.717) is 6.61 Å². The molecule has 2 atom stereocenters. The third kappa shape index (κ3) is 1.78. The van der Waals surface area contributed by atoms with Crippen molar-refractivity contribution >= 4 is 11.4 Å². The van der Waals surface area contributed by atoms with Gasteiger partial charge in [0.05, 0.1) is 6.61 Å². The maximum absolute atomic E-state index is 10.6. The molecule has 4 heteroatoms. The summed E-state index contributed by atoms with van der Waals surface area (Å²) in [6, 6.07) is 0. The average Bonchev–Trinajstić information content (AvgIpc) is 2.11. The van der Waals surface area contributed by atoms with Crippen LogP contribution in [0.3, 0.4) is 0 Å². The van der Waals surface area contributed by atoms with Crippen molar-refractivity contribution < 1.29 is 12.6 Å². The Morgan fingerprint density at radius 2 is 2.10 bits per heavy atom. The summed E-state index contributed by atoms with van der Waals surface area (Å²) in [5, 5.41) is 0. The van der Waals surface area contributed by atoms with Gasteiger partial charge in [0.1, 0.15) is 6.10 Å². The lowest BCUT2D eigenvalue weighted by molar-refractivity contribution is 0.111. The van der Waals surface area contributed by atoms with Crippen LogP contribution in [0.4, 0.5) is 0 Å². The molecule has 0 N–H and O–H groups in total. The number of hydrogen-bond acceptors (Lipinski definition) is 3. The van der Waals surface area contributed by atoms with E-state index in [1.165, 1.54) is 0 Å². The third-order valence-electron chi connectivity index (χ3n) is 1.48. The largest absolute Gasteiger partial charge is 0.305 e. The van der Waals surface area contributed by atoms with Crippen LogP contribution in [0.15, 0.2) is 0 Å². The van der Waals surface area contributed by atoms with Gasteiger partial charge in [0.2, 0.25) is 0 Å². The van der Waals surface area contributed by atoms with Crippen LogP contribution in [0, 0.1) is 5.41 Å². The molecule has 3 nitrogen and oxygen atoms in total. The lowest BCUT2D eigenvalue weighted by atomic mass is 9.90. The zero-order valence-electron chi connectivity index (χ0n) is 6.42. The molecular weight excluding hydrogens is 152 g/mol. The Hall–Kier alpha value is 0.0700. The molecule has 1 saturated heterocycles. The van der Waals surface area contributed by atoms with Gasteiger partial charge in [0.15, 0.2) is 0 Å². The molecule has 0 aromatic carbocycles. The van der Waals surface area contributed by atoms with Crippen molar-refractivity contribution in [1.29, 1.82) is 0 Å². The summed E-state index contributed by atoms with van der Waals surface area (Å²) in [4.78, 5) is 0. The average molecular weight is 164 g/mol. The summed E-state index contributed by atoms with van der Waals surface area (Å²) < 4.78 is 20.3. The lowest BCUT2D eigenvalue weighted by Crippen LogP contribution is -2.27. The summed E-state index contributed by atoms with van der Waals surface area (Å²) in [6.45, 7) is 6.53. The van der Waals surface area contributed by atoms with E-state index in [-0.39, 0.29) is 11.5 Å². The first-order chi connectivity index (χ1) is 4.50. The van der Waals surface area contributed by atoms with Crippen LogP contribution < -0.4 is 0 Å². The van der Waals surface area contributed by atoms with Crippen LogP contribution in [-0.2, 0) is 19.7 Å². The van der Waals surface area contributed by atoms with E-state index in [4.69, 9.17) is 8.37 Å². The second-order valence-electron chi connectivity index (χ2n) is 3.44. The molecule has 0 amide bonds. The van der Waals surface area contributed by atoms with Gasteiger partial charge in [0, 0.05) is 0 Å². The number of hydrogen-bond donors (Lipinski definition) is 0. The van der Waals surface area contributed by atoms with Gasteiger partial charge in [-0.25, -0.2) is 0 Å². The molecule has 0 aromatic rings. The fraction of sp³-hybridized carbons (Fsp3) is 1.00. The molecule has 1 rings (SSSR count). The second kappa shape index (κ2) is 2.60. The fourth-order valence-electron chi connectivity index (χ4n) is 0.662. The third-order valence-corrected chi connectivity index (χ3v) is 2.19. The Morgan fingerprint density at radius 3 is 2.30 bits per heavy atom. The van der Waals surface area contributed by atoms with Crippen LogP contribution in [-0.4, -0.2) is 16.9 Å². The summed E-state index contributed by atoms with van der Waals surface area (Å²) in [5.41, 5.74) is 0.0200. The van der Waals surface area contributed by atoms with Crippen molar-refractivity contribution in [1.82, 2.24) is 0 Å². The van der Waals surface area contributed by atoms with Crippen molar-refractivity contribution in [3.63, 3.8) is 0 Å². The van der Waals surface area contributed by atoms with Crippen molar-refractivity contribution in [2.45, 2.75) is 26.9 Å². The molecule has 1 heterocycles. The van der Waals surface area contributed by atoms with Crippen LogP contribution in [0.25, 0.3) is 0 Å². The fourth-order valence-corrected chi connectivity index (χ4v) is 1.49. The minimum Gasteiger partial charge on any atom is -0.266 e. The van der Waals surface area contributed by atoms with E-state index in [9.17, 15) is 4.21 Å². The molecule has 1 aliphatic rings. The minimum absolute atomic E-state index is 0.0200. The first kappa shape index (κ1) is 8.17. The van der Waals surface area contributed by atoms with Crippen molar-refractivity contribution in [2.24, 2.45) is 5.41 Å². The summed E-state index contributed by atoms with van der Waals surface area (Å²) in [6.07, 6.45) is -0.0340. The molecule has 0 aliphatic carbocycles. The first-order valence-corrected chi connectivity index (χ1v) is 4.22. The normalized spacial score (nSPS) is 34.7. The Labute approximate surface area is 63.6 Å². The van der Waals surface area contributed by atoms with Gasteiger partial charge in [-0.15, -0.1) is 0 Å². The quantitative estimate of drug-likeness (QED) is 0.536. The highest BCUT2D eigenvalue weighted by atomic mass is 32.2. The molecule has 0 radical (unpaired) electrons. The SMILES string of the molecule is CC(C)(C)C1COS(=O)O1. The van der Waals surface area contributed by atoms with Crippen molar-refractivity contribution in [2.75, 3.05) is 6.61 Å². The predicted molar refractivity (Wildman–Crippen MR) is 38.4 cm³/mol. The Bertz CT molecular complexity index is 150. The molecular formula is C6H12O3S. The van der Waals surface area contributed by atoms with Gasteiger partial charge in [-0.05, 0) is 5.41 Å². The topological polar surface area (TPSA) is 35.5 Å². The van der Waals surface area contributed by atoms with Gasteiger partial charge >= 0.3 is 11.4 Å². The molecule has 10 heavy (non-hydrogen) atoms. The number of rotatable bonds is 0. The zero-order valence-corrected chi connectivity index (χ0v) is 7.23. The first-order valence-electron chi connectivity index (χ1n) is 3.22. The minimum atomic E-state index is -1.50. The van der Waals surface area contributed by atoms with E-state index in [0.717, 1.165) is 0 Å². The second-order valence-corrected chi connectivity index (χ2v) is 4.28. The molecule has 0 bridgehead atoms. The maximum atomic E-state index is 10.6. The highest BCUT2D eigenvalue weighted by molar-refractivity contribution is 7.75. The molecule has 0 saturated carbocycles. The smallest absolute Gasteiger partial charge is 0.266 e. The van der Waals surface area contributed by atoms with Gasteiger partial charge < -0.3 is 0 Å². The van der Waals surface area contributed by atoms with Crippen LogP contribution >= 0.6 is 0 Å². The molecule has 1 fully saturated rings. The maximum Gasteiger partial charge on any atom is 0.305 e. The Kier molecular flexibility index (Phi) is 2.12. The van der Waals surface area contributed by atoms with Crippen LogP contribution in [0.1, 0.15) is 20.8 Å². The monoisotopic (exact) mass is 164 g/mol. The highest BCUT2D eigenvalue weighted by Gasteiger charge is 2.33. The Balaban J connectivity index is 2.53. The van der Waals surface area contributed by atoms with Gasteiger partial charge in [0.25, 0.3) is 0 Å². The molecule has 0 spiro atoms. The standard InChI is InChI=1S/C6H12O3S/c1-6(2,3)5-4-8-10(7)9-5/h5H,4H2,1-3H3. The summed E-state index contributed by atoms with van der Waals surface area (Å²) in [7, 11) is 0. The van der Waals surface area contributed by atoms with Gasteiger partial charge in [-0.1, -0.05) is 20.8 Å². The van der Waals surface area contributed by atoms with Crippen LogP contribution in [0.5, 0.6) is 0 Å². The molecule has 2 unspecified atom stereocenters. The summed E-state index contributed by atoms with van der Waals surface area (Å²) in [5.74, 6) is 0. The zero-order chi connectivity index (χ0) is 7.78.